The van der Waals surface area contributed by atoms with Gasteiger partial charge >= 0.3 is 0 Å². The summed E-state index contributed by atoms with van der Waals surface area (Å²) in [5, 5.41) is 12.0. The Morgan fingerprint density at radius 3 is 2.45 bits per heavy atom. The number of hydrogen-bond acceptors (Lipinski definition) is 5. The van der Waals surface area contributed by atoms with Crippen molar-refractivity contribution in [1.29, 1.82) is 0 Å². The van der Waals surface area contributed by atoms with E-state index in [0.717, 1.165) is 33.9 Å². The molecule has 2 unspecified atom stereocenters. The van der Waals surface area contributed by atoms with Crippen LogP contribution in [0.2, 0.25) is 0 Å². The molecule has 1 aromatic heterocycles. The Balaban J connectivity index is 1.35. The Labute approximate surface area is 185 Å². The van der Waals surface area contributed by atoms with Crippen LogP contribution in [0.4, 0.5) is 17.1 Å². The van der Waals surface area contributed by atoms with Gasteiger partial charge in [0.15, 0.2) is 0 Å². The monoisotopic (exact) mass is 426 g/mol. The van der Waals surface area contributed by atoms with Gasteiger partial charge in [-0.15, -0.1) is 11.3 Å². The molecule has 0 radical (unpaired) electrons. The number of rotatable bonds is 6. The van der Waals surface area contributed by atoms with E-state index in [1.807, 2.05) is 77.6 Å². The van der Waals surface area contributed by atoms with Crippen molar-refractivity contribution >= 4 is 34.3 Å². The maximum atomic E-state index is 13.3. The molecule has 3 aromatic carbocycles. The predicted molar refractivity (Wildman–Crippen MR) is 127 cm³/mol. The standard InChI is InChI=1S/C25H22N4OS/c30-25(20(18-9-5-2-6-10-18)13-17-7-3-1-4-8-17)27-19-11-12-21-22(14-19)29-24(28-21)23-15-31-16-26-23/h1-12,14-16,20,24,28-29H,13H2,(H,27,30). The summed E-state index contributed by atoms with van der Waals surface area (Å²) in [5.41, 5.74) is 7.65. The number of nitrogens with zero attached hydrogens (tertiary/aromatic N) is 1. The van der Waals surface area contributed by atoms with Crippen LogP contribution in [0.15, 0.2) is 89.8 Å². The molecule has 4 aromatic rings. The lowest BCUT2D eigenvalue weighted by molar-refractivity contribution is -0.117. The highest BCUT2D eigenvalue weighted by Gasteiger charge is 2.24. The number of fused-ring (bicyclic) bond motifs is 1. The van der Waals surface area contributed by atoms with Crippen LogP contribution >= 0.6 is 11.3 Å². The summed E-state index contributed by atoms with van der Waals surface area (Å²) in [5.74, 6) is -0.289. The van der Waals surface area contributed by atoms with Crippen LogP contribution in [0.5, 0.6) is 0 Å². The van der Waals surface area contributed by atoms with Crippen molar-refractivity contribution in [2.75, 3.05) is 16.0 Å². The van der Waals surface area contributed by atoms with Gasteiger partial charge in [-0.25, -0.2) is 4.98 Å². The topological polar surface area (TPSA) is 66.0 Å². The van der Waals surface area contributed by atoms with Gasteiger partial charge in [0, 0.05) is 11.1 Å². The number of aromatic nitrogens is 1. The minimum Gasteiger partial charge on any atom is -0.359 e. The second kappa shape index (κ2) is 8.62. The molecule has 1 aliphatic rings. The average molecular weight is 427 g/mol. The van der Waals surface area contributed by atoms with Gasteiger partial charge < -0.3 is 16.0 Å². The molecular weight excluding hydrogens is 404 g/mol. The van der Waals surface area contributed by atoms with Crippen LogP contribution in [0.25, 0.3) is 0 Å². The Morgan fingerprint density at radius 2 is 1.71 bits per heavy atom. The molecule has 5 rings (SSSR count). The third-order valence-corrected chi connectivity index (χ3v) is 6.04. The average Bonchev–Trinajstić information content (AvgIpc) is 3.48. The van der Waals surface area contributed by atoms with Gasteiger partial charge in [-0.2, -0.15) is 0 Å². The van der Waals surface area contributed by atoms with E-state index in [9.17, 15) is 4.79 Å². The van der Waals surface area contributed by atoms with Gasteiger partial charge in [-0.3, -0.25) is 4.79 Å². The number of anilines is 3. The summed E-state index contributed by atoms with van der Waals surface area (Å²) in [7, 11) is 0. The summed E-state index contributed by atoms with van der Waals surface area (Å²) < 4.78 is 0. The zero-order valence-electron chi connectivity index (χ0n) is 16.8. The number of thiazole rings is 1. The minimum absolute atomic E-state index is 0.0167. The molecule has 0 aliphatic carbocycles. The molecule has 1 aliphatic heterocycles. The molecule has 0 saturated heterocycles. The maximum absolute atomic E-state index is 13.3. The van der Waals surface area contributed by atoms with Crippen molar-refractivity contribution in [1.82, 2.24) is 4.98 Å². The SMILES string of the molecule is O=C(Nc1ccc2c(c1)NC(c1cscn1)N2)C(Cc1ccccc1)c1ccccc1. The van der Waals surface area contributed by atoms with E-state index in [2.05, 4.69) is 33.1 Å². The Morgan fingerprint density at radius 1 is 0.968 bits per heavy atom. The van der Waals surface area contributed by atoms with E-state index < -0.39 is 0 Å². The number of carbonyl (C=O) groups excluding carboxylic acids is 1. The van der Waals surface area contributed by atoms with Gasteiger partial charge in [0.05, 0.1) is 28.5 Å². The predicted octanol–water partition coefficient (Wildman–Crippen LogP) is 5.64. The number of carbonyl (C=O) groups is 1. The molecule has 31 heavy (non-hydrogen) atoms. The molecule has 5 nitrogen and oxygen atoms in total. The quantitative estimate of drug-likeness (QED) is 0.373. The molecule has 2 heterocycles. The fourth-order valence-corrected chi connectivity index (χ4v) is 4.43. The first-order valence-corrected chi connectivity index (χ1v) is 11.2. The van der Waals surface area contributed by atoms with E-state index >= 15 is 0 Å². The highest BCUT2D eigenvalue weighted by Crippen LogP contribution is 2.37. The van der Waals surface area contributed by atoms with Crippen molar-refractivity contribution in [3.63, 3.8) is 0 Å². The zero-order chi connectivity index (χ0) is 21.0. The number of hydrogen-bond donors (Lipinski definition) is 3. The first-order chi connectivity index (χ1) is 15.3. The van der Waals surface area contributed by atoms with Crippen LogP contribution in [0.1, 0.15) is 28.9 Å². The number of amides is 1. The smallest absolute Gasteiger partial charge is 0.232 e. The van der Waals surface area contributed by atoms with Crippen molar-refractivity contribution in [2.45, 2.75) is 18.5 Å². The summed E-state index contributed by atoms with van der Waals surface area (Å²) in [6.45, 7) is 0. The van der Waals surface area contributed by atoms with Gasteiger partial charge in [-0.1, -0.05) is 60.7 Å². The Hall–Kier alpha value is -3.64. The minimum atomic E-state index is -0.273. The van der Waals surface area contributed by atoms with Crippen LogP contribution < -0.4 is 16.0 Å². The third-order valence-electron chi connectivity index (χ3n) is 5.44. The van der Waals surface area contributed by atoms with Crippen molar-refractivity contribution in [3.05, 3.63) is 107 Å². The van der Waals surface area contributed by atoms with Gasteiger partial charge in [0.25, 0.3) is 0 Å². The van der Waals surface area contributed by atoms with Crippen LogP contribution in [-0.4, -0.2) is 10.9 Å². The van der Waals surface area contributed by atoms with E-state index in [1.165, 1.54) is 0 Å². The fourth-order valence-electron chi connectivity index (χ4n) is 3.85. The molecule has 0 saturated carbocycles. The number of benzene rings is 3. The van der Waals surface area contributed by atoms with Crippen LogP contribution in [0, 0.1) is 0 Å². The molecule has 154 valence electrons. The summed E-state index contributed by atoms with van der Waals surface area (Å²) in [6, 6.07) is 26.0. The summed E-state index contributed by atoms with van der Waals surface area (Å²) >= 11 is 1.57. The van der Waals surface area contributed by atoms with E-state index in [0.29, 0.717) is 6.42 Å². The maximum Gasteiger partial charge on any atom is 0.232 e. The van der Waals surface area contributed by atoms with Gasteiger partial charge in [0.1, 0.15) is 6.17 Å². The molecule has 1 amide bonds. The number of nitrogens with one attached hydrogen (secondary N) is 3. The summed E-state index contributed by atoms with van der Waals surface area (Å²) in [4.78, 5) is 17.7. The second-order valence-electron chi connectivity index (χ2n) is 7.54. The lowest BCUT2D eigenvalue weighted by Gasteiger charge is -2.18. The summed E-state index contributed by atoms with van der Waals surface area (Å²) in [6.07, 6.45) is 0.593. The molecular formula is C25H22N4OS. The molecule has 0 fully saturated rings. The van der Waals surface area contributed by atoms with E-state index in [4.69, 9.17) is 0 Å². The van der Waals surface area contributed by atoms with Crippen molar-refractivity contribution in [2.24, 2.45) is 0 Å². The molecule has 6 heteroatoms. The lowest BCUT2D eigenvalue weighted by Crippen LogP contribution is -2.23. The highest BCUT2D eigenvalue weighted by atomic mass is 32.1. The fraction of sp³-hybridized carbons (Fsp3) is 0.120. The molecule has 2 atom stereocenters. The van der Waals surface area contributed by atoms with Crippen LogP contribution in [-0.2, 0) is 11.2 Å². The normalized spacial score (nSPS) is 15.4. The first-order valence-electron chi connectivity index (χ1n) is 10.2. The molecule has 3 N–H and O–H groups in total. The Bertz CT molecular complexity index is 1160. The third kappa shape index (κ3) is 4.29. The van der Waals surface area contributed by atoms with Crippen LogP contribution in [0.3, 0.4) is 0 Å². The van der Waals surface area contributed by atoms with E-state index in [1.54, 1.807) is 11.3 Å². The Kier molecular flexibility index (Phi) is 5.37. The molecule has 0 bridgehead atoms. The second-order valence-corrected chi connectivity index (χ2v) is 8.26. The highest BCUT2D eigenvalue weighted by molar-refractivity contribution is 7.07. The molecule has 0 spiro atoms. The van der Waals surface area contributed by atoms with Gasteiger partial charge in [0.2, 0.25) is 5.91 Å². The zero-order valence-corrected chi connectivity index (χ0v) is 17.6. The van der Waals surface area contributed by atoms with Crippen molar-refractivity contribution in [3.8, 4) is 0 Å². The lowest BCUT2D eigenvalue weighted by atomic mass is 9.91. The van der Waals surface area contributed by atoms with E-state index in [-0.39, 0.29) is 18.0 Å². The largest absolute Gasteiger partial charge is 0.359 e. The first kappa shape index (κ1) is 19.3. The van der Waals surface area contributed by atoms with Gasteiger partial charge in [-0.05, 0) is 35.7 Å². The van der Waals surface area contributed by atoms with Crippen molar-refractivity contribution < 1.29 is 4.79 Å².